The number of Topliss-reactive ketones (excluding diaryl/α,β-unsaturated/α-hetero) is 1. The van der Waals surface area contributed by atoms with Gasteiger partial charge in [-0.15, -0.1) is 0 Å². The summed E-state index contributed by atoms with van der Waals surface area (Å²) in [6.07, 6.45) is 2.11. The quantitative estimate of drug-likeness (QED) is 0.336. The molecule has 0 unspecified atom stereocenters. The van der Waals surface area contributed by atoms with Crippen molar-refractivity contribution in [3.8, 4) is 0 Å². The fourth-order valence-electron chi connectivity index (χ4n) is 2.46. The molecule has 1 amide bonds. The van der Waals surface area contributed by atoms with Crippen LogP contribution in [-0.4, -0.2) is 67.5 Å². The lowest BCUT2D eigenvalue weighted by Gasteiger charge is -2.33. The molecule has 7 nitrogen and oxygen atoms in total. The number of nitrogens with zero attached hydrogens (tertiary/aromatic N) is 2. The number of rotatable bonds is 4. The van der Waals surface area contributed by atoms with Crippen LogP contribution >= 0.6 is 0 Å². The van der Waals surface area contributed by atoms with Gasteiger partial charge >= 0.3 is 12.1 Å². The molecule has 0 N–H and O–H groups in total. The monoisotopic (exact) mass is 340 g/mol. The number of hydrogen-bond donors (Lipinski definition) is 0. The summed E-state index contributed by atoms with van der Waals surface area (Å²) < 4.78 is 10.0. The number of carbonyl (C=O) groups excluding carboxylic acids is 3. The molecule has 24 heavy (non-hydrogen) atoms. The van der Waals surface area contributed by atoms with Crippen molar-refractivity contribution >= 4 is 17.8 Å². The number of likely N-dealkylation sites (tertiary alicyclic amines) is 1. The molecule has 0 aliphatic carbocycles. The van der Waals surface area contributed by atoms with Gasteiger partial charge in [0.1, 0.15) is 11.2 Å². The first kappa shape index (κ1) is 20.0. The standard InChI is InChI=1S/C17H28N2O5/c1-17(2,3)24-16(22)19-9-7-12(8-10-19)14(20)13(11-18(4)5)15(21)23-6/h11-12H,7-10H2,1-6H3. The molecule has 1 aliphatic rings. The van der Waals surface area contributed by atoms with Crippen molar-refractivity contribution in [2.45, 2.75) is 39.2 Å². The Morgan fingerprint density at radius 2 is 1.67 bits per heavy atom. The van der Waals surface area contributed by atoms with Crippen molar-refractivity contribution in [1.82, 2.24) is 9.80 Å². The lowest BCUT2D eigenvalue weighted by molar-refractivity contribution is -0.138. The maximum atomic E-state index is 12.6. The molecule has 0 radical (unpaired) electrons. The Balaban J connectivity index is 2.71. The van der Waals surface area contributed by atoms with Gasteiger partial charge in [-0.1, -0.05) is 0 Å². The van der Waals surface area contributed by atoms with Crippen molar-refractivity contribution < 1.29 is 23.9 Å². The maximum Gasteiger partial charge on any atom is 0.410 e. The van der Waals surface area contributed by atoms with Crippen LogP contribution in [0.4, 0.5) is 4.79 Å². The molecule has 1 fully saturated rings. The average molecular weight is 340 g/mol. The van der Waals surface area contributed by atoms with E-state index < -0.39 is 11.6 Å². The zero-order valence-corrected chi connectivity index (χ0v) is 15.4. The zero-order valence-electron chi connectivity index (χ0n) is 15.4. The molecule has 7 heteroatoms. The highest BCUT2D eigenvalue weighted by atomic mass is 16.6. The molecule has 0 aromatic rings. The van der Waals surface area contributed by atoms with E-state index in [2.05, 4.69) is 0 Å². The fourth-order valence-corrected chi connectivity index (χ4v) is 2.46. The predicted octanol–water partition coefficient (Wildman–Crippen LogP) is 1.82. The second-order valence-corrected chi connectivity index (χ2v) is 7.10. The molecule has 1 heterocycles. The molecule has 0 aromatic carbocycles. The van der Waals surface area contributed by atoms with E-state index in [4.69, 9.17) is 9.47 Å². The number of ether oxygens (including phenoxy) is 2. The highest BCUT2D eigenvalue weighted by Crippen LogP contribution is 2.23. The Morgan fingerprint density at radius 1 is 1.12 bits per heavy atom. The van der Waals surface area contributed by atoms with Crippen LogP contribution in [0.5, 0.6) is 0 Å². The Morgan fingerprint density at radius 3 is 2.08 bits per heavy atom. The zero-order chi connectivity index (χ0) is 18.5. The summed E-state index contributed by atoms with van der Waals surface area (Å²) in [5, 5.41) is 0. The minimum absolute atomic E-state index is 0.0400. The van der Waals surface area contributed by atoms with Crippen molar-refractivity contribution in [3.05, 3.63) is 11.8 Å². The Hall–Kier alpha value is -2.05. The van der Waals surface area contributed by atoms with E-state index >= 15 is 0 Å². The summed E-state index contributed by atoms with van der Waals surface area (Å²) in [5.41, 5.74) is -0.505. The summed E-state index contributed by atoms with van der Waals surface area (Å²) in [6.45, 7) is 6.31. The molecule has 136 valence electrons. The third kappa shape index (κ3) is 5.86. The van der Waals surface area contributed by atoms with Crippen molar-refractivity contribution in [2.24, 2.45) is 5.92 Å². The van der Waals surface area contributed by atoms with Gasteiger partial charge in [0.25, 0.3) is 0 Å². The first-order valence-corrected chi connectivity index (χ1v) is 8.04. The van der Waals surface area contributed by atoms with Gasteiger partial charge in [0.15, 0.2) is 5.78 Å². The lowest BCUT2D eigenvalue weighted by Crippen LogP contribution is -2.43. The minimum atomic E-state index is -0.636. The van der Waals surface area contributed by atoms with Gasteiger partial charge in [0.05, 0.1) is 7.11 Å². The molecule has 0 spiro atoms. The van der Waals surface area contributed by atoms with Crippen molar-refractivity contribution in [1.29, 1.82) is 0 Å². The molecule has 0 atom stereocenters. The maximum absolute atomic E-state index is 12.6. The minimum Gasteiger partial charge on any atom is -0.465 e. The Bertz CT molecular complexity index is 512. The van der Waals surface area contributed by atoms with Crippen LogP contribution in [0.2, 0.25) is 0 Å². The summed E-state index contributed by atoms with van der Waals surface area (Å²) >= 11 is 0. The van der Waals surface area contributed by atoms with Gasteiger partial charge in [-0.2, -0.15) is 0 Å². The molecule has 1 rings (SSSR count). The van der Waals surface area contributed by atoms with Crippen LogP contribution in [0.1, 0.15) is 33.6 Å². The van der Waals surface area contributed by atoms with Gasteiger partial charge in [-0.05, 0) is 33.6 Å². The van der Waals surface area contributed by atoms with Crippen molar-refractivity contribution in [2.75, 3.05) is 34.3 Å². The largest absolute Gasteiger partial charge is 0.465 e. The van der Waals surface area contributed by atoms with E-state index in [1.165, 1.54) is 13.3 Å². The van der Waals surface area contributed by atoms with Gasteiger partial charge in [-0.25, -0.2) is 9.59 Å². The number of hydrogen-bond acceptors (Lipinski definition) is 6. The number of piperidine rings is 1. The number of ketones is 1. The Labute approximate surface area is 143 Å². The Kier molecular flexibility index (Phi) is 6.81. The van der Waals surface area contributed by atoms with Crippen LogP contribution in [0, 0.1) is 5.92 Å². The number of methoxy groups -OCH3 is 1. The van der Waals surface area contributed by atoms with Gasteiger partial charge in [-0.3, -0.25) is 4.79 Å². The molecular formula is C17H28N2O5. The first-order chi connectivity index (χ1) is 11.0. The predicted molar refractivity (Wildman–Crippen MR) is 89.3 cm³/mol. The second-order valence-electron chi connectivity index (χ2n) is 7.10. The van der Waals surface area contributed by atoms with Gasteiger partial charge in [0, 0.05) is 39.3 Å². The number of amides is 1. The molecule has 0 aromatic heterocycles. The molecule has 0 saturated carbocycles. The second kappa shape index (κ2) is 8.17. The normalized spacial score (nSPS) is 16.6. The van der Waals surface area contributed by atoms with Gasteiger partial charge < -0.3 is 19.3 Å². The topological polar surface area (TPSA) is 76.2 Å². The summed E-state index contributed by atoms with van der Waals surface area (Å²) in [7, 11) is 4.73. The van der Waals surface area contributed by atoms with E-state index in [9.17, 15) is 14.4 Å². The van der Waals surface area contributed by atoms with E-state index in [0.29, 0.717) is 25.9 Å². The molecular weight excluding hydrogens is 312 g/mol. The van der Waals surface area contributed by atoms with E-state index in [-0.39, 0.29) is 23.4 Å². The molecule has 1 aliphatic heterocycles. The lowest BCUT2D eigenvalue weighted by atomic mass is 9.89. The molecule has 0 bridgehead atoms. The fraction of sp³-hybridized carbons (Fsp3) is 0.706. The van der Waals surface area contributed by atoms with Crippen LogP contribution < -0.4 is 0 Å². The SMILES string of the molecule is COC(=O)C(=CN(C)C)C(=O)C1CCN(C(=O)OC(C)(C)C)CC1. The summed E-state index contributed by atoms with van der Waals surface area (Å²) in [6, 6.07) is 0. The third-order valence-corrected chi connectivity index (χ3v) is 3.58. The van der Waals surface area contributed by atoms with Crippen LogP contribution in [0.25, 0.3) is 0 Å². The smallest absolute Gasteiger partial charge is 0.410 e. The first-order valence-electron chi connectivity index (χ1n) is 8.04. The van der Waals surface area contributed by atoms with E-state index in [0.717, 1.165) is 0 Å². The highest BCUT2D eigenvalue weighted by molar-refractivity contribution is 6.18. The average Bonchev–Trinajstić information content (AvgIpc) is 2.49. The van der Waals surface area contributed by atoms with Crippen LogP contribution in [0.15, 0.2) is 11.8 Å². The molecule has 1 saturated heterocycles. The van der Waals surface area contributed by atoms with Gasteiger partial charge in [0.2, 0.25) is 0 Å². The van der Waals surface area contributed by atoms with Crippen LogP contribution in [-0.2, 0) is 19.1 Å². The third-order valence-electron chi connectivity index (χ3n) is 3.58. The number of carbonyl (C=O) groups is 3. The number of esters is 1. The van der Waals surface area contributed by atoms with Crippen molar-refractivity contribution in [3.63, 3.8) is 0 Å². The van der Waals surface area contributed by atoms with Crippen LogP contribution in [0.3, 0.4) is 0 Å². The highest BCUT2D eigenvalue weighted by Gasteiger charge is 2.33. The summed E-state index contributed by atoms with van der Waals surface area (Å²) in [5.74, 6) is -1.17. The summed E-state index contributed by atoms with van der Waals surface area (Å²) in [4.78, 5) is 39.7. The van der Waals surface area contributed by atoms with E-state index in [1.54, 1.807) is 23.9 Å². The van der Waals surface area contributed by atoms with E-state index in [1.807, 2.05) is 20.8 Å².